The standard InChI is InChI=1S/C10H17N5O/c1-4-8(5-6-16-3)7-12-10-13-9(11-2)14-15-10/h4-6H,7H2,1-3H3,(H3,11,12,13,14,15)/b6-5-,8-4+. The lowest BCUT2D eigenvalue weighted by Crippen LogP contribution is -2.04. The van der Waals surface area contributed by atoms with Crippen molar-refractivity contribution in [3.63, 3.8) is 0 Å². The van der Waals surface area contributed by atoms with Gasteiger partial charge in [0.05, 0.1) is 13.4 Å². The van der Waals surface area contributed by atoms with Gasteiger partial charge >= 0.3 is 0 Å². The van der Waals surface area contributed by atoms with Crippen molar-refractivity contribution < 1.29 is 4.74 Å². The number of aromatic nitrogens is 3. The van der Waals surface area contributed by atoms with Gasteiger partial charge in [0, 0.05) is 13.6 Å². The van der Waals surface area contributed by atoms with Crippen LogP contribution in [-0.2, 0) is 4.74 Å². The summed E-state index contributed by atoms with van der Waals surface area (Å²) in [6, 6.07) is 0. The molecule has 0 aliphatic rings. The molecule has 1 heterocycles. The lowest BCUT2D eigenvalue weighted by molar-refractivity contribution is 0.338. The second-order valence-electron chi connectivity index (χ2n) is 3.03. The molecule has 6 heteroatoms. The molecular weight excluding hydrogens is 206 g/mol. The third-order valence-electron chi connectivity index (χ3n) is 1.97. The van der Waals surface area contributed by atoms with E-state index >= 15 is 0 Å². The Labute approximate surface area is 94.8 Å². The van der Waals surface area contributed by atoms with Crippen molar-refractivity contribution in [2.75, 3.05) is 31.3 Å². The zero-order valence-corrected chi connectivity index (χ0v) is 9.74. The molecular formula is C10H17N5O. The smallest absolute Gasteiger partial charge is 0.223 e. The summed E-state index contributed by atoms with van der Waals surface area (Å²) in [5, 5.41) is 13.8. The van der Waals surface area contributed by atoms with Gasteiger partial charge in [-0.1, -0.05) is 6.08 Å². The Hall–Kier alpha value is -1.98. The average molecular weight is 223 g/mol. The van der Waals surface area contributed by atoms with E-state index in [1.807, 2.05) is 19.1 Å². The maximum absolute atomic E-state index is 4.85. The number of methoxy groups -OCH3 is 1. The first-order valence-electron chi connectivity index (χ1n) is 4.99. The van der Waals surface area contributed by atoms with Crippen molar-refractivity contribution in [3.05, 3.63) is 24.0 Å². The average Bonchev–Trinajstić information content (AvgIpc) is 2.77. The zero-order chi connectivity index (χ0) is 11.8. The van der Waals surface area contributed by atoms with Crippen molar-refractivity contribution in [2.45, 2.75) is 6.92 Å². The molecule has 3 N–H and O–H groups in total. The fraction of sp³-hybridized carbons (Fsp3) is 0.400. The number of nitrogens with one attached hydrogen (secondary N) is 3. The lowest BCUT2D eigenvalue weighted by Gasteiger charge is -2.02. The predicted octanol–water partition coefficient (Wildman–Crippen LogP) is 1.36. The van der Waals surface area contributed by atoms with Crippen molar-refractivity contribution in [3.8, 4) is 0 Å². The minimum absolute atomic E-state index is 0.634. The summed E-state index contributed by atoms with van der Waals surface area (Å²) in [5.41, 5.74) is 1.10. The predicted molar refractivity (Wildman–Crippen MR) is 64.3 cm³/mol. The Morgan fingerprint density at radius 3 is 2.75 bits per heavy atom. The SMILES string of the molecule is C/C=C(\C=C/OC)CNc1nnc(NC)[nH]1. The first-order chi connectivity index (χ1) is 7.80. The number of ether oxygens (including phenoxy) is 1. The highest BCUT2D eigenvalue weighted by Crippen LogP contribution is 2.04. The van der Waals surface area contributed by atoms with E-state index in [4.69, 9.17) is 4.74 Å². The van der Waals surface area contributed by atoms with Crippen LogP contribution in [0.4, 0.5) is 11.9 Å². The van der Waals surface area contributed by atoms with Crippen LogP contribution in [0.25, 0.3) is 0 Å². The van der Waals surface area contributed by atoms with Crippen LogP contribution in [0.3, 0.4) is 0 Å². The summed E-state index contributed by atoms with van der Waals surface area (Å²) in [6.07, 6.45) is 5.52. The number of H-pyrrole nitrogens is 1. The van der Waals surface area contributed by atoms with Gasteiger partial charge in [-0.2, -0.15) is 0 Å². The zero-order valence-electron chi connectivity index (χ0n) is 9.74. The van der Waals surface area contributed by atoms with Crippen LogP contribution >= 0.6 is 0 Å². The highest BCUT2D eigenvalue weighted by atomic mass is 16.5. The second-order valence-corrected chi connectivity index (χ2v) is 3.03. The maximum Gasteiger partial charge on any atom is 0.223 e. The molecule has 0 radical (unpaired) electrons. The third kappa shape index (κ3) is 3.64. The van der Waals surface area contributed by atoms with Gasteiger partial charge in [-0.15, -0.1) is 10.2 Å². The number of nitrogens with zero attached hydrogens (tertiary/aromatic N) is 2. The van der Waals surface area contributed by atoms with Gasteiger partial charge in [0.25, 0.3) is 0 Å². The summed E-state index contributed by atoms with van der Waals surface area (Å²) in [6.45, 7) is 2.63. The molecule has 0 spiro atoms. The molecule has 0 aromatic carbocycles. The Bertz CT molecular complexity index is 369. The number of hydrogen-bond donors (Lipinski definition) is 3. The van der Waals surface area contributed by atoms with E-state index < -0.39 is 0 Å². The van der Waals surface area contributed by atoms with E-state index in [9.17, 15) is 0 Å². The van der Waals surface area contributed by atoms with Crippen LogP contribution in [0, 0.1) is 0 Å². The number of hydrogen-bond acceptors (Lipinski definition) is 5. The van der Waals surface area contributed by atoms with Crippen molar-refractivity contribution in [1.29, 1.82) is 0 Å². The molecule has 0 saturated heterocycles. The van der Waals surface area contributed by atoms with E-state index in [1.54, 1.807) is 20.4 Å². The Morgan fingerprint density at radius 2 is 2.19 bits per heavy atom. The first-order valence-corrected chi connectivity index (χ1v) is 4.99. The van der Waals surface area contributed by atoms with E-state index in [-0.39, 0.29) is 0 Å². The van der Waals surface area contributed by atoms with Gasteiger partial charge in [0.1, 0.15) is 0 Å². The lowest BCUT2D eigenvalue weighted by atomic mass is 10.2. The largest absolute Gasteiger partial charge is 0.504 e. The molecule has 0 aliphatic heterocycles. The van der Waals surface area contributed by atoms with Crippen LogP contribution in [0.1, 0.15) is 6.92 Å². The quantitative estimate of drug-likeness (QED) is 0.501. The third-order valence-corrected chi connectivity index (χ3v) is 1.97. The minimum atomic E-state index is 0.634. The van der Waals surface area contributed by atoms with Crippen LogP contribution in [0.15, 0.2) is 24.0 Å². The highest BCUT2D eigenvalue weighted by Gasteiger charge is 1.99. The number of rotatable bonds is 6. The molecule has 0 bridgehead atoms. The van der Waals surface area contributed by atoms with Crippen molar-refractivity contribution >= 4 is 11.9 Å². The summed E-state index contributed by atoms with van der Waals surface area (Å²) in [4.78, 5) is 2.97. The highest BCUT2D eigenvalue weighted by molar-refractivity contribution is 5.35. The molecule has 0 saturated carbocycles. The monoisotopic (exact) mass is 223 g/mol. The normalized spacial score (nSPS) is 11.8. The molecule has 0 unspecified atom stereocenters. The number of aromatic amines is 1. The van der Waals surface area contributed by atoms with E-state index in [1.165, 1.54) is 0 Å². The summed E-state index contributed by atoms with van der Waals surface area (Å²) in [7, 11) is 3.40. The van der Waals surface area contributed by atoms with Gasteiger partial charge in [-0.05, 0) is 18.6 Å². The molecule has 6 nitrogen and oxygen atoms in total. The van der Waals surface area contributed by atoms with Crippen LogP contribution < -0.4 is 10.6 Å². The number of allylic oxidation sites excluding steroid dienone is 1. The molecule has 1 aromatic heterocycles. The van der Waals surface area contributed by atoms with Crippen LogP contribution in [0.2, 0.25) is 0 Å². The molecule has 88 valence electrons. The molecule has 0 amide bonds. The van der Waals surface area contributed by atoms with Crippen molar-refractivity contribution in [1.82, 2.24) is 15.2 Å². The van der Waals surface area contributed by atoms with Crippen LogP contribution in [-0.4, -0.2) is 35.9 Å². The fourth-order valence-electron chi connectivity index (χ4n) is 1.05. The molecule has 1 rings (SSSR count). The van der Waals surface area contributed by atoms with Gasteiger partial charge in [0.2, 0.25) is 11.9 Å². The summed E-state index contributed by atoms with van der Waals surface area (Å²) in [5.74, 6) is 1.27. The van der Waals surface area contributed by atoms with Gasteiger partial charge in [-0.25, -0.2) is 0 Å². The maximum atomic E-state index is 4.85. The van der Waals surface area contributed by atoms with E-state index in [2.05, 4.69) is 25.8 Å². The van der Waals surface area contributed by atoms with Gasteiger partial charge in [0.15, 0.2) is 0 Å². The van der Waals surface area contributed by atoms with E-state index in [0.29, 0.717) is 18.4 Å². The minimum Gasteiger partial charge on any atom is -0.504 e. The van der Waals surface area contributed by atoms with Gasteiger partial charge in [-0.3, -0.25) is 4.98 Å². The Kier molecular flexibility index (Phi) is 4.91. The van der Waals surface area contributed by atoms with Crippen molar-refractivity contribution in [2.24, 2.45) is 0 Å². The number of anilines is 2. The second kappa shape index (κ2) is 6.49. The molecule has 16 heavy (non-hydrogen) atoms. The Morgan fingerprint density at radius 1 is 1.44 bits per heavy atom. The first kappa shape index (κ1) is 12.1. The summed E-state index contributed by atoms with van der Waals surface area (Å²) >= 11 is 0. The molecule has 0 aliphatic carbocycles. The Balaban J connectivity index is 2.46. The molecule has 0 fully saturated rings. The topological polar surface area (TPSA) is 74.9 Å². The van der Waals surface area contributed by atoms with Gasteiger partial charge < -0.3 is 15.4 Å². The molecule has 0 atom stereocenters. The fourth-order valence-corrected chi connectivity index (χ4v) is 1.05. The van der Waals surface area contributed by atoms with E-state index in [0.717, 1.165) is 5.57 Å². The summed E-state index contributed by atoms with van der Waals surface area (Å²) < 4.78 is 4.85. The van der Waals surface area contributed by atoms with Crippen LogP contribution in [0.5, 0.6) is 0 Å². The molecule has 1 aromatic rings.